The number of nitrogens with one attached hydrogen (secondary N) is 2. The van der Waals surface area contributed by atoms with Gasteiger partial charge in [-0.05, 0) is 49.7 Å². The third-order valence-corrected chi connectivity index (χ3v) is 5.61. The lowest BCUT2D eigenvalue weighted by molar-refractivity contribution is 0.0537. The molecule has 138 valence electrons. The van der Waals surface area contributed by atoms with Crippen molar-refractivity contribution < 1.29 is 9.90 Å². The molecule has 1 aromatic rings. The van der Waals surface area contributed by atoms with Crippen LogP contribution in [0.1, 0.15) is 57.4 Å². The number of aliphatic hydroxyl groups excluding tert-OH is 1. The fourth-order valence-electron chi connectivity index (χ4n) is 4.18. The van der Waals surface area contributed by atoms with E-state index in [2.05, 4.69) is 35.4 Å². The van der Waals surface area contributed by atoms with Crippen LogP contribution in [-0.4, -0.2) is 47.3 Å². The van der Waals surface area contributed by atoms with Crippen LogP contribution in [0.2, 0.25) is 0 Å². The molecule has 0 bridgehead atoms. The van der Waals surface area contributed by atoms with Crippen molar-refractivity contribution in [1.29, 1.82) is 0 Å². The van der Waals surface area contributed by atoms with Crippen LogP contribution >= 0.6 is 0 Å². The van der Waals surface area contributed by atoms with E-state index in [1.165, 1.54) is 0 Å². The van der Waals surface area contributed by atoms with Crippen LogP contribution in [0, 0.1) is 0 Å². The van der Waals surface area contributed by atoms with Gasteiger partial charge in [-0.2, -0.15) is 0 Å². The second-order valence-corrected chi connectivity index (χ2v) is 7.72. The molecule has 5 heteroatoms. The maximum Gasteiger partial charge on any atom is 0.319 e. The molecular weight excluding hydrogens is 314 g/mol. The van der Waals surface area contributed by atoms with Crippen molar-refractivity contribution in [3.05, 3.63) is 29.8 Å². The first kappa shape index (κ1) is 18.2. The Morgan fingerprint density at radius 2 is 1.88 bits per heavy atom. The number of likely N-dealkylation sites (tertiary alicyclic amines) is 1. The molecule has 1 aliphatic heterocycles. The number of hydrogen-bond acceptors (Lipinski definition) is 3. The van der Waals surface area contributed by atoms with E-state index in [0.717, 1.165) is 56.4 Å². The molecule has 25 heavy (non-hydrogen) atoms. The van der Waals surface area contributed by atoms with Crippen molar-refractivity contribution in [1.82, 2.24) is 10.2 Å². The highest BCUT2D eigenvalue weighted by atomic mass is 16.3. The average Bonchev–Trinajstić information content (AvgIpc) is 3.02. The van der Waals surface area contributed by atoms with Crippen molar-refractivity contribution in [2.45, 2.75) is 70.1 Å². The van der Waals surface area contributed by atoms with Gasteiger partial charge in [0, 0.05) is 30.9 Å². The number of para-hydroxylation sites is 1. The number of anilines is 1. The van der Waals surface area contributed by atoms with Crippen molar-refractivity contribution in [3.8, 4) is 0 Å². The van der Waals surface area contributed by atoms with Gasteiger partial charge in [-0.3, -0.25) is 4.90 Å². The maximum atomic E-state index is 12.4. The third-order valence-electron chi connectivity index (χ3n) is 5.61. The van der Waals surface area contributed by atoms with Gasteiger partial charge in [0.25, 0.3) is 0 Å². The Labute approximate surface area is 150 Å². The Kier molecular flexibility index (Phi) is 5.97. The highest BCUT2D eigenvalue weighted by Crippen LogP contribution is 2.27. The van der Waals surface area contributed by atoms with E-state index in [9.17, 15) is 9.90 Å². The fraction of sp³-hybridized carbons (Fsp3) is 0.650. The SMILES string of the molecule is CC(C)c1ccccc1NC(=O)NC1CCN(C2CCCC2O)CC1. The van der Waals surface area contributed by atoms with Crippen molar-refractivity contribution in [2.75, 3.05) is 18.4 Å². The van der Waals surface area contributed by atoms with E-state index in [0.29, 0.717) is 12.0 Å². The summed E-state index contributed by atoms with van der Waals surface area (Å²) in [4.78, 5) is 14.8. The van der Waals surface area contributed by atoms with Crippen molar-refractivity contribution in [3.63, 3.8) is 0 Å². The van der Waals surface area contributed by atoms with Gasteiger partial charge in [0.2, 0.25) is 0 Å². The van der Waals surface area contributed by atoms with Crippen molar-refractivity contribution in [2.24, 2.45) is 0 Å². The number of carbonyl (C=O) groups excluding carboxylic acids is 1. The second kappa shape index (κ2) is 8.19. The van der Waals surface area contributed by atoms with Gasteiger partial charge in [0.15, 0.2) is 0 Å². The number of benzene rings is 1. The second-order valence-electron chi connectivity index (χ2n) is 7.72. The predicted octanol–water partition coefficient (Wildman–Crippen LogP) is 3.31. The molecule has 5 nitrogen and oxygen atoms in total. The van der Waals surface area contributed by atoms with Gasteiger partial charge in [0.05, 0.1) is 6.10 Å². The summed E-state index contributed by atoms with van der Waals surface area (Å²) >= 11 is 0. The molecule has 3 N–H and O–H groups in total. The summed E-state index contributed by atoms with van der Waals surface area (Å²) in [6.07, 6.45) is 4.89. The molecule has 0 aromatic heterocycles. The molecule has 1 aliphatic carbocycles. The molecule has 1 saturated carbocycles. The monoisotopic (exact) mass is 345 g/mol. The van der Waals surface area contributed by atoms with E-state index in [1.54, 1.807) is 0 Å². The van der Waals surface area contributed by atoms with Crippen LogP contribution in [0.3, 0.4) is 0 Å². The summed E-state index contributed by atoms with van der Waals surface area (Å²) in [5, 5.41) is 16.2. The van der Waals surface area contributed by atoms with Gasteiger partial charge in [-0.25, -0.2) is 4.79 Å². The zero-order chi connectivity index (χ0) is 17.8. The third kappa shape index (κ3) is 4.53. The number of aliphatic hydroxyl groups is 1. The van der Waals surface area contributed by atoms with E-state index in [-0.39, 0.29) is 18.2 Å². The first-order valence-corrected chi connectivity index (χ1v) is 9.63. The Balaban J connectivity index is 1.48. The van der Waals surface area contributed by atoms with E-state index < -0.39 is 0 Å². The first-order valence-electron chi connectivity index (χ1n) is 9.63. The van der Waals surface area contributed by atoms with Crippen LogP contribution in [0.25, 0.3) is 0 Å². The Bertz CT molecular complexity index is 582. The quantitative estimate of drug-likeness (QED) is 0.784. The Morgan fingerprint density at radius 1 is 1.16 bits per heavy atom. The largest absolute Gasteiger partial charge is 0.391 e. The van der Waals surface area contributed by atoms with Crippen LogP contribution in [0.5, 0.6) is 0 Å². The summed E-state index contributed by atoms with van der Waals surface area (Å²) in [7, 11) is 0. The molecular formula is C20H31N3O2. The summed E-state index contributed by atoms with van der Waals surface area (Å²) < 4.78 is 0. The van der Waals surface area contributed by atoms with E-state index in [1.807, 2.05) is 18.2 Å². The average molecular weight is 345 g/mol. The molecule has 2 amide bonds. The van der Waals surface area contributed by atoms with Crippen LogP contribution < -0.4 is 10.6 Å². The van der Waals surface area contributed by atoms with E-state index in [4.69, 9.17) is 0 Å². The zero-order valence-electron chi connectivity index (χ0n) is 15.4. The minimum atomic E-state index is -0.166. The van der Waals surface area contributed by atoms with Crippen LogP contribution in [0.4, 0.5) is 10.5 Å². The van der Waals surface area contributed by atoms with Crippen LogP contribution in [0.15, 0.2) is 24.3 Å². The minimum Gasteiger partial charge on any atom is -0.391 e. The summed E-state index contributed by atoms with van der Waals surface area (Å²) in [6, 6.07) is 8.39. The van der Waals surface area contributed by atoms with Gasteiger partial charge >= 0.3 is 6.03 Å². The fourth-order valence-corrected chi connectivity index (χ4v) is 4.18. The first-order chi connectivity index (χ1) is 12.0. The normalized spacial score (nSPS) is 25.3. The minimum absolute atomic E-state index is 0.118. The number of piperidine rings is 1. The smallest absolute Gasteiger partial charge is 0.319 e. The summed E-state index contributed by atoms with van der Waals surface area (Å²) in [5.41, 5.74) is 2.05. The highest BCUT2D eigenvalue weighted by molar-refractivity contribution is 5.90. The van der Waals surface area contributed by atoms with Gasteiger partial charge < -0.3 is 15.7 Å². The molecule has 1 aromatic carbocycles. The molecule has 1 heterocycles. The van der Waals surface area contributed by atoms with Gasteiger partial charge in [0.1, 0.15) is 0 Å². The number of rotatable bonds is 4. The molecule has 2 aliphatic rings. The number of carbonyl (C=O) groups is 1. The molecule has 3 rings (SSSR count). The number of urea groups is 1. The molecule has 2 atom stereocenters. The molecule has 1 saturated heterocycles. The lowest BCUT2D eigenvalue weighted by atomic mass is 10.0. The number of amides is 2. The number of nitrogens with zero attached hydrogens (tertiary/aromatic N) is 1. The van der Waals surface area contributed by atoms with Crippen molar-refractivity contribution >= 4 is 11.7 Å². The van der Waals surface area contributed by atoms with Gasteiger partial charge in [-0.1, -0.05) is 32.0 Å². The lowest BCUT2D eigenvalue weighted by Gasteiger charge is -2.37. The van der Waals surface area contributed by atoms with Crippen LogP contribution in [-0.2, 0) is 0 Å². The predicted molar refractivity (Wildman–Crippen MR) is 101 cm³/mol. The molecule has 0 radical (unpaired) electrons. The Hall–Kier alpha value is -1.59. The Morgan fingerprint density at radius 3 is 2.52 bits per heavy atom. The maximum absolute atomic E-state index is 12.4. The zero-order valence-corrected chi connectivity index (χ0v) is 15.4. The molecule has 0 spiro atoms. The highest BCUT2D eigenvalue weighted by Gasteiger charge is 2.33. The standard InChI is InChI=1S/C20H31N3O2/c1-14(2)16-6-3-4-7-17(16)22-20(25)21-15-10-12-23(13-11-15)18-8-5-9-19(18)24/h3-4,6-7,14-15,18-19,24H,5,8-13H2,1-2H3,(H2,21,22,25). The molecule has 2 fully saturated rings. The lowest BCUT2D eigenvalue weighted by Crippen LogP contribution is -2.50. The van der Waals surface area contributed by atoms with Gasteiger partial charge in [-0.15, -0.1) is 0 Å². The molecule has 2 unspecified atom stereocenters. The van der Waals surface area contributed by atoms with E-state index >= 15 is 0 Å². The summed E-state index contributed by atoms with van der Waals surface area (Å²) in [6.45, 7) is 6.17. The number of hydrogen-bond donors (Lipinski definition) is 3. The topological polar surface area (TPSA) is 64.6 Å². The summed E-state index contributed by atoms with van der Waals surface area (Å²) in [5.74, 6) is 0.373.